The molecule has 1 heterocycles. The Morgan fingerprint density at radius 1 is 0.966 bits per heavy atom. The van der Waals surface area contributed by atoms with Crippen molar-refractivity contribution in [3.63, 3.8) is 0 Å². The lowest BCUT2D eigenvalue weighted by atomic mass is 10.2. The van der Waals surface area contributed by atoms with Gasteiger partial charge in [-0.15, -0.1) is 0 Å². The summed E-state index contributed by atoms with van der Waals surface area (Å²) in [4.78, 5) is 30.3. The largest absolute Gasteiger partial charge is 0.280 e. The van der Waals surface area contributed by atoms with Gasteiger partial charge >= 0.3 is 0 Å². The predicted molar refractivity (Wildman–Crippen MR) is 112 cm³/mol. The van der Waals surface area contributed by atoms with Crippen LogP contribution in [0.3, 0.4) is 0 Å². The Hall–Kier alpha value is -3.22. The lowest BCUT2D eigenvalue weighted by Gasteiger charge is -2.15. The number of amides is 1. The summed E-state index contributed by atoms with van der Waals surface area (Å²) in [6.45, 7) is 0. The van der Waals surface area contributed by atoms with E-state index < -0.39 is 17.3 Å². The molecule has 0 aliphatic rings. The number of hydrogen-bond acceptors (Lipinski definition) is 3. The number of aromatic nitrogens is 2. The van der Waals surface area contributed by atoms with Crippen molar-refractivity contribution in [1.29, 1.82) is 0 Å². The molecule has 0 bridgehead atoms. The maximum Gasteiger partial charge on any atom is 0.280 e. The summed E-state index contributed by atoms with van der Waals surface area (Å²) in [5.41, 5.74) is 2.57. The standard InChI is InChI=1S/C21H12Cl2FN3O2/c22-13-5-3-4-12(10-13)19-25-18-9-8-14(23)11-16(18)21(29)27(19)26-20(28)15-6-1-2-7-17(15)24/h1-11H,(H,26,28). The highest BCUT2D eigenvalue weighted by atomic mass is 35.5. The number of hydrogen-bond donors (Lipinski definition) is 1. The van der Waals surface area contributed by atoms with Crippen molar-refractivity contribution in [2.45, 2.75) is 0 Å². The topological polar surface area (TPSA) is 64.0 Å². The summed E-state index contributed by atoms with van der Waals surface area (Å²) < 4.78 is 15.0. The fourth-order valence-corrected chi connectivity index (χ4v) is 3.25. The first kappa shape index (κ1) is 19.1. The normalized spacial score (nSPS) is 10.9. The minimum atomic E-state index is -0.795. The van der Waals surface area contributed by atoms with Gasteiger partial charge in [0.1, 0.15) is 5.82 Å². The zero-order valence-electron chi connectivity index (χ0n) is 14.7. The summed E-state index contributed by atoms with van der Waals surface area (Å²) in [6, 6.07) is 16.8. The van der Waals surface area contributed by atoms with E-state index in [9.17, 15) is 14.0 Å². The van der Waals surface area contributed by atoms with Crippen LogP contribution < -0.4 is 11.0 Å². The number of carbonyl (C=O) groups is 1. The number of nitrogens with one attached hydrogen (secondary N) is 1. The molecule has 0 atom stereocenters. The van der Waals surface area contributed by atoms with Gasteiger partial charge in [-0.25, -0.2) is 9.37 Å². The molecule has 0 unspecified atom stereocenters. The average Bonchev–Trinajstić information content (AvgIpc) is 2.70. The van der Waals surface area contributed by atoms with Crippen LogP contribution in [0.1, 0.15) is 10.4 Å². The first-order chi connectivity index (χ1) is 13.9. The second-order valence-electron chi connectivity index (χ2n) is 6.17. The van der Waals surface area contributed by atoms with E-state index in [-0.39, 0.29) is 16.8 Å². The van der Waals surface area contributed by atoms with Crippen LogP contribution in [0.5, 0.6) is 0 Å². The lowest BCUT2D eigenvalue weighted by molar-refractivity contribution is 0.100. The maximum atomic E-state index is 14.0. The van der Waals surface area contributed by atoms with E-state index in [4.69, 9.17) is 23.2 Å². The quantitative estimate of drug-likeness (QED) is 0.505. The fourth-order valence-electron chi connectivity index (χ4n) is 2.89. The molecule has 4 aromatic rings. The molecule has 0 spiro atoms. The molecule has 0 aliphatic heterocycles. The Morgan fingerprint density at radius 2 is 1.72 bits per heavy atom. The summed E-state index contributed by atoms with van der Waals surface area (Å²) in [6.07, 6.45) is 0. The van der Waals surface area contributed by atoms with Crippen LogP contribution in [0.2, 0.25) is 10.0 Å². The van der Waals surface area contributed by atoms with Crippen molar-refractivity contribution in [2.24, 2.45) is 0 Å². The van der Waals surface area contributed by atoms with Gasteiger partial charge in [0.15, 0.2) is 5.82 Å². The number of rotatable bonds is 3. The SMILES string of the molecule is O=C(Nn1c(-c2cccc(Cl)c2)nc2ccc(Cl)cc2c1=O)c1ccccc1F. The van der Waals surface area contributed by atoms with Crippen molar-refractivity contribution in [3.05, 3.63) is 98.5 Å². The minimum Gasteiger partial charge on any atom is -0.267 e. The summed E-state index contributed by atoms with van der Waals surface area (Å²) >= 11 is 12.1. The molecule has 29 heavy (non-hydrogen) atoms. The number of fused-ring (bicyclic) bond motifs is 1. The molecular formula is C21H12Cl2FN3O2. The molecule has 0 saturated heterocycles. The number of halogens is 3. The van der Waals surface area contributed by atoms with E-state index in [0.717, 1.165) is 10.7 Å². The minimum absolute atomic E-state index is 0.150. The van der Waals surface area contributed by atoms with Crippen LogP contribution in [0.15, 0.2) is 71.5 Å². The van der Waals surface area contributed by atoms with Crippen LogP contribution in [-0.4, -0.2) is 15.6 Å². The molecule has 1 aromatic heterocycles. The molecule has 8 heteroatoms. The molecule has 1 N–H and O–H groups in total. The Labute approximate surface area is 174 Å². The molecule has 0 radical (unpaired) electrons. The highest BCUT2D eigenvalue weighted by molar-refractivity contribution is 6.31. The smallest absolute Gasteiger partial charge is 0.267 e. The van der Waals surface area contributed by atoms with E-state index in [0.29, 0.717) is 21.1 Å². The van der Waals surface area contributed by atoms with E-state index in [1.54, 1.807) is 36.4 Å². The van der Waals surface area contributed by atoms with Crippen LogP contribution in [0.4, 0.5) is 4.39 Å². The maximum absolute atomic E-state index is 14.0. The van der Waals surface area contributed by atoms with Crippen molar-refractivity contribution in [3.8, 4) is 11.4 Å². The van der Waals surface area contributed by atoms with Gasteiger partial charge in [0.05, 0.1) is 16.5 Å². The Kier molecular flexibility index (Phi) is 5.05. The zero-order valence-corrected chi connectivity index (χ0v) is 16.2. The van der Waals surface area contributed by atoms with Crippen molar-refractivity contribution >= 4 is 40.0 Å². The Bertz CT molecular complexity index is 1320. The number of carbonyl (C=O) groups excluding carboxylic acids is 1. The molecule has 0 fully saturated rings. The molecule has 1 amide bonds. The highest BCUT2D eigenvalue weighted by Crippen LogP contribution is 2.23. The van der Waals surface area contributed by atoms with Gasteiger partial charge in [0, 0.05) is 15.6 Å². The van der Waals surface area contributed by atoms with Crippen LogP contribution >= 0.6 is 23.2 Å². The van der Waals surface area contributed by atoms with Gasteiger partial charge < -0.3 is 0 Å². The van der Waals surface area contributed by atoms with Gasteiger partial charge in [-0.1, -0.05) is 47.5 Å². The Balaban J connectivity index is 1.94. The molecule has 5 nitrogen and oxygen atoms in total. The van der Waals surface area contributed by atoms with Gasteiger partial charge in [-0.2, -0.15) is 4.68 Å². The molecule has 0 saturated carbocycles. The lowest BCUT2D eigenvalue weighted by Crippen LogP contribution is -2.35. The van der Waals surface area contributed by atoms with Gasteiger partial charge in [0.2, 0.25) is 0 Å². The molecule has 144 valence electrons. The van der Waals surface area contributed by atoms with E-state index in [1.165, 1.54) is 24.3 Å². The number of nitrogens with zero attached hydrogens (tertiary/aromatic N) is 2. The third kappa shape index (κ3) is 3.72. The second kappa shape index (κ2) is 7.66. The fraction of sp³-hybridized carbons (Fsp3) is 0. The number of benzene rings is 3. The highest BCUT2D eigenvalue weighted by Gasteiger charge is 2.18. The van der Waals surface area contributed by atoms with E-state index in [2.05, 4.69) is 10.4 Å². The third-order valence-corrected chi connectivity index (χ3v) is 4.72. The van der Waals surface area contributed by atoms with Crippen LogP contribution in [-0.2, 0) is 0 Å². The molecule has 4 rings (SSSR count). The zero-order chi connectivity index (χ0) is 20.5. The first-order valence-electron chi connectivity index (χ1n) is 8.48. The second-order valence-corrected chi connectivity index (χ2v) is 7.04. The van der Waals surface area contributed by atoms with Crippen molar-refractivity contribution in [1.82, 2.24) is 9.66 Å². The monoisotopic (exact) mass is 427 g/mol. The van der Waals surface area contributed by atoms with Crippen LogP contribution in [0, 0.1) is 5.82 Å². The predicted octanol–water partition coefficient (Wildman–Crippen LogP) is 4.89. The molecule has 3 aromatic carbocycles. The van der Waals surface area contributed by atoms with E-state index >= 15 is 0 Å². The van der Waals surface area contributed by atoms with Crippen molar-refractivity contribution < 1.29 is 9.18 Å². The van der Waals surface area contributed by atoms with E-state index in [1.807, 2.05) is 0 Å². The van der Waals surface area contributed by atoms with Gasteiger partial charge in [-0.3, -0.25) is 15.0 Å². The van der Waals surface area contributed by atoms with Crippen molar-refractivity contribution in [2.75, 3.05) is 5.43 Å². The average molecular weight is 428 g/mol. The van der Waals surface area contributed by atoms with Gasteiger partial charge in [0.25, 0.3) is 11.5 Å². The third-order valence-electron chi connectivity index (χ3n) is 4.24. The summed E-state index contributed by atoms with van der Waals surface area (Å²) in [7, 11) is 0. The Morgan fingerprint density at radius 3 is 2.48 bits per heavy atom. The summed E-state index contributed by atoms with van der Waals surface area (Å²) in [5, 5.41) is 0.982. The van der Waals surface area contributed by atoms with Crippen LogP contribution in [0.25, 0.3) is 22.3 Å². The first-order valence-corrected chi connectivity index (χ1v) is 9.24. The molecule has 0 aliphatic carbocycles. The van der Waals surface area contributed by atoms with Gasteiger partial charge in [-0.05, 0) is 42.5 Å². The molecular weight excluding hydrogens is 416 g/mol. The summed E-state index contributed by atoms with van der Waals surface area (Å²) in [5.74, 6) is -1.35.